The summed E-state index contributed by atoms with van der Waals surface area (Å²) in [7, 11) is 0. The van der Waals surface area contributed by atoms with Crippen molar-refractivity contribution in [2.75, 3.05) is 0 Å². The van der Waals surface area contributed by atoms with Crippen LogP contribution < -0.4 is 0 Å². The smallest absolute Gasteiger partial charge is 0.216 e. The maximum Gasteiger partial charge on any atom is 0.216 e. The molecule has 2 aromatic heterocycles. The first-order valence-electron chi connectivity index (χ1n) is 7.98. The zero-order chi connectivity index (χ0) is 16.7. The van der Waals surface area contributed by atoms with E-state index in [0.717, 1.165) is 41.3 Å². The van der Waals surface area contributed by atoms with Crippen LogP contribution in [0, 0.1) is 18.6 Å². The molecule has 0 unspecified atom stereocenters. The summed E-state index contributed by atoms with van der Waals surface area (Å²) in [5.41, 5.74) is 4.02. The third-order valence-electron chi connectivity index (χ3n) is 4.27. The molecular weight excluding hydrogens is 320 g/mol. The van der Waals surface area contributed by atoms with Crippen molar-refractivity contribution >= 4 is 18.4 Å². The maximum atomic E-state index is 5.29. The molecule has 24 heavy (non-hydrogen) atoms. The van der Waals surface area contributed by atoms with Crippen molar-refractivity contribution in [2.45, 2.75) is 32.6 Å². The van der Waals surface area contributed by atoms with E-state index >= 15 is 0 Å². The van der Waals surface area contributed by atoms with Crippen molar-refractivity contribution in [2.24, 2.45) is 5.10 Å². The lowest BCUT2D eigenvalue weighted by atomic mass is 10.2. The van der Waals surface area contributed by atoms with E-state index < -0.39 is 0 Å². The summed E-state index contributed by atoms with van der Waals surface area (Å²) < 4.78 is 4.19. The summed E-state index contributed by atoms with van der Waals surface area (Å²) >= 11 is 5.29. The molecule has 0 bridgehead atoms. The molecule has 4 rings (SSSR count). The minimum atomic E-state index is 0.476. The van der Waals surface area contributed by atoms with Gasteiger partial charge in [0.2, 0.25) is 4.77 Å². The second-order valence-electron chi connectivity index (χ2n) is 6.05. The van der Waals surface area contributed by atoms with Crippen molar-refractivity contribution in [3.05, 3.63) is 57.9 Å². The molecule has 3 aromatic rings. The summed E-state index contributed by atoms with van der Waals surface area (Å²) in [5, 5.41) is 16.3. The van der Waals surface area contributed by atoms with E-state index in [1.807, 2.05) is 55.1 Å². The third kappa shape index (κ3) is 2.60. The van der Waals surface area contributed by atoms with E-state index in [-0.39, 0.29) is 0 Å². The quantitative estimate of drug-likeness (QED) is 0.585. The Morgan fingerprint density at radius 3 is 2.71 bits per heavy atom. The molecule has 7 heteroatoms. The fourth-order valence-electron chi connectivity index (χ4n) is 2.80. The number of aryl methyl sites for hydroxylation is 1. The van der Waals surface area contributed by atoms with Crippen molar-refractivity contribution in [1.29, 1.82) is 0 Å². The van der Waals surface area contributed by atoms with Gasteiger partial charge in [0.1, 0.15) is 0 Å². The molecule has 0 radical (unpaired) electrons. The minimum Gasteiger partial charge on any atom is -0.250 e. The van der Waals surface area contributed by atoms with Crippen LogP contribution >= 0.6 is 12.2 Å². The van der Waals surface area contributed by atoms with Crippen LogP contribution in [0.2, 0.25) is 0 Å². The molecule has 1 aromatic carbocycles. The molecule has 0 aliphatic heterocycles. The SMILES string of the molecule is Cc1nn(-c2ccccc2)c(C)c1/C=N/n1c(C2CC2)n[nH]c1=S. The summed E-state index contributed by atoms with van der Waals surface area (Å²) in [6.07, 6.45) is 4.13. The largest absolute Gasteiger partial charge is 0.250 e. The number of benzene rings is 1. The monoisotopic (exact) mass is 338 g/mol. The Hall–Kier alpha value is -2.54. The first-order chi connectivity index (χ1) is 11.6. The van der Waals surface area contributed by atoms with Gasteiger partial charge in [0.15, 0.2) is 5.82 Å². The van der Waals surface area contributed by atoms with Gasteiger partial charge < -0.3 is 0 Å². The van der Waals surface area contributed by atoms with Gasteiger partial charge >= 0.3 is 0 Å². The van der Waals surface area contributed by atoms with Crippen LogP contribution in [0.4, 0.5) is 0 Å². The molecule has 6 nitrogen and oxygen atoms in total. The average Bonchev–Trinajstić information content (AvgIpc) is 3.31. The number of rotatable bonds is 4. The molecule has 0 saturated heterocycles. The lowest BCUT2D eigenvalue weighted by Gasteiger charge is -2.03. The topological polar surface area (TPSA) is 63.8 Å². The zero-order valence-corrected chi connectivity index (χ0v) is 14.4. The second kappa shape index (κ2) is 5.83. The van der Waals surface area contributed by atoms with Gasteiger partial charge in [-0.25, -0.2) is 4.68 Å². The molecule has 1 aliphatic carbocycles. The molecule has 0 amide bonds. The summed E-state index contributed by atoms with van der Waals surface area (Å²) in [6, 6.07) is 10.1. The van der Waals surface area contributed by atoms with Gasteiger partial charge in [0.25, 0.3) is 0 Å². The number of nitrogens with one attached hydrogen (secondary N) is 1. The van der Waals surface area contributed by atoms with Gasteiger partial charge in [-0.1, -0.05) is 18.2 Å². The van der Waals surface area contributed by atoms with Crippen LogP contribution in [0.15, 0.2) is 35.4 Å². The van der Waals surface area contributed by atoms with Gasteiger partial charge in [-0.05, 0) is 51.0 Å². The van der Waals surface area contributed by atoms with Gasteiger partial charge in [-0.3, -0.25) is 5.10 Å². The predicted octanol–water partition coefficient (Wildman–Crippen LogP) is 3.50. The van der Waals surface area contributed by atoms with Crippen LogP contribution in [-0.2, 0) is 0 Å². The summed E-state index contributed by atoms with van der Waals surface area (Å²) in [6.45, 7) is 4.04. The molecule has 0 spiro atoms. The van der Waals surface area contributed by atoms with Crippen LogP contribution in [0.25, 0.3) is 5.69 Å². The van der Waals surface area contributed by atoms with Crippen molar-refractivity contribution in [1.82, 2.24) is 24.7 Å². The lowest BCUT2D eigenvalue weighted by Crippen LogP contribution is -2.00. The Morgan fingerprint density at radius 2 is 2.00 bits per heavy atom. The molecule has 2 heterocycles. The van der Waals surface area contributed by atoms with Gasteiger partial charge in [-0.15, -0.1) is 0 Å². The fraction of sp³-hybridized carbons (Fsp3) is 0.294. The Balaban J connectivity index is 1.72. The predicted molar refractivity (Wildman–Crippen MR) is 95.4 cm³/mol. The molecule has 1 N–H and O–H groups in total. The van der Waals surface area contributed by atoms with Crippen LogP contribution in [0.1, 0.15) is 41.5 Å². The number of nitrogens with zero attached hydrogens (tertiary/aromatic N) is 5. The van der Waals surface area contributed by atoms with E-state index in [1.54, 1.807) is 4.68 Å². The van der Waals surface area contributed by atoms with E-state index in [1.165, 1.54) is 0 Å². The van der Waals surface area contributed by atoms with Gasteiger partial charge in [0, 0.05) is 11.5 Å². The van der Waals surface area contributed by atoms with Crippen LogP contribution in [0.3, 0.4) is 0 Å². The Kier molecular flexibility index (Phi) is 3.65. The Bertz CT molecular complexity index is 959. The third-order valence-corrected chi connectivity index (χ3v) is 4.53. The Morgan fingerprint density at radius 1 is 1.25 bits per heavy atom. The van der Waals surface area contributed by atoms with E-state index in [0.29, 0.717) is 10.7 Å². The molecule has 1 aliphatic rings. The summed E-state index contributed by atoms with van der Waals surface area (Å²) in [4.78, 5) is 0. The number of aromatic nitrogens is 5. The van der Waals surface area contributed by atoms with Crippen molar-refractivity contribution in [3.8, 4) is 5.69 Å². The average molecular weight is 338 g/mol. The molecule has 1 saturated carbocycles. The number of aromatic amines is 1. The van der Waals surface area contributed by atoms with Crippen molar-refractivity contribution in [3.63, 3.8) is 0 Å². The fourth-order valence-corrected chi connectivity index (χ4v) is 2.99. The van der Waals surface area contributed by atoms with E-state index in [4.69, 9.17) is 12.2 Å². The molecular formula is C17H18N6S. The summed E-state index contributed by atoms with van der Waals surface area (Å²) in [5.74, 6) is 1.39. The highest BCUT2D eigenvalue weighted by Gasteiger charge is 2.29. The number of H-pyrrole nitrogens is 1. The highest BCUT2D eigenvalue weighted by atomic mass is 32.1. The van der Waals surface area contributed by atoms with E-state index in [9.17, 15) is 0 Å². The standard InChI is InChI=1S/C17H18N6S/c1-11-15(12(2)22(21-11)14-6-4-3-5-7-14)10-18-23-16(13-8-9-13)19-20-17(23)24/h3-7,10,13H,8-9H2,1-2H3,(H,20,24)/b18-10+. The zero-order valence-electron chi connectivity index (χ0n) is 13.6. The molecule has 122 valence electrons. The molecule has 1 fully saturated rings. The minimum absolute atomic E-state index is 0.476. The first kappa shape index (κ1) is 15.0. The number of hydrogen-bond acceptors (Lipinski definition) is 4. The van der Waals surface area contributed by atoms with Gasteiger partial charge in [-0.2, -0.15) is 20.0 Å². The van der Waals surface area contributed by atoms with E-state index in [2.05, 4.69) is 20.4 Å². The van der Waals surface area contributed by atoms with Crippen LogP contribution in [0.5, 0.6) is 0 Å². The van der Waals surface area contributed by atoms with Gasteiger partial charge in [0.05, 0.1) is 23.3 Å². The highest BCUT2D eigenvalue weighted by molar-refractivity contribution is 7.71. The highest BCUT2D eigenvalue weighted by Crippen LogP contribution is 2.38. The van der Waals surface area contributed by atoms with Crippen molar-refractivity contribution < 1.29 is 0 Å². The Labute approximate surface area is 144 Å². The first-order valence-corrected chi connectivity index (χ1v) is 8.39. The number of hydrogen-bond donors (Lipinski definition) is 1. The second-order valence-corrected chi connectivity index (χ2v) is 6.44. The maximum absolute atomic E-state index is 5.29. The van der Waals surface area contributed by atoms with Crippen LogP contribution in [-0.4, -0.2) is 30.9 Å². The number of para-hydroxylation sites is 1. The normalized spacial score (nSPS) is 14.6. The molecule has 0 atom stereocenters. The lowest BCUT2D eigenvalue weighted by molar-refractivity contribution is 0.772.